The van der Waals surface area contributed by atoms with Crippen molar-refractivity contribution in [2.24, 2.45) is 5.41 Å². The number of carbonyl (C=O) groups excluding carboxylic acids is 1. The summed E-state index contributed by atoms with van der Waals surface area (Å²) in [6, 6.07) is 7.57. The van der Waals surface area contributed by atoms with Crippen molar-refractivity contribution in [3.63, 3.8) is 0 Å². The first-order chi connectivity index (χ1) is 9.63. The third-order valence-electron chi connectivity index (χ3n) is 4.49. The molecule has 20 heavy (non-hydrogen) atoms. The third-order valence-corrected chi connectivity index (χ3v) is 4.49. The van der Waals surface area contributed by atoms with Crippen molar-refractivity contribution in [2.45, 2.75) is 19.8 Å². The number of nitrogens with zero attached hydrogens (tertiary/aromatic N) is 2. The summed E-state index contributed by atoms with van der Waals surface area (Å²) in [4.78, 5) is 13.8. The van der Waals surface area contributed by atoms with Gasteiger partial charge >= 0.3 is 0 Å². The molecule has 0 radical (unpaired) electrons. The van der Waals surface area contributed by atoms with E-state index in [1.54, 1.807) is 19.1 Å². The van der Waals surface area contributed by atoms with Crippen LogP contribution in [0.2, 0.25) is 0 Å². The Hall–Kier alpha value is -1.86. The molecule has 0 bridgehead atoms. The standard InChI is InChI=1S/C16H18N2O2/c1-12(19)13-2-3-14(9-17)15(8-13)18-6-4-16(10-18)5-7-20-11-16/h2-3,8H,4-7,10-11H2,1H3. The number of ether oxygens (including phenoxy) is 1. The van der Waals surface area contributed by atoms with Crippen LogP contribution in [0.5, 0.6) is 0 Å². The van der Waals surface area contributed by atoms with E-state index in [1.807, 2.05) is 6.07 Å². The molecule has 2 fully saturated rings. The third kappa shape index (κ3) is 2.19. The Labute approximate surface area is 118 Å². The SMILES string of the molecule is CC(=O)c1ccc(C#N)c(N2CCC3(CCOC3)C2)c1. The molecule has 0 saturated carbocycles. The summed E-state index contributed by atoms with van der Waals surface area (Å²) >= 11 is 0. The van der Waals surface area contributed by atoms with Gasteiger partial charge < -0.3 is 9.64 Å². The molecule has 1 atom stereocenters. The zero-order valence-corrected chi connectivity index (χ0v) is 11.7. The molecule has 0 aliphatic carbocycles. The van der Waals surface area contributed by atoms with E-state index in [-0.39, 0.29) is 11.2 Å². The summed E-state index contributed by atoms with van der Waals surface area (Å²) in [7, 11) is 0. The lowest BCUT2D eigenvalue weighted by molar-refractivity contribution is 0.101. The summed E-state index contributed by atoms with van der Waals surface area (Å²) in [6.07, 6.45) is 2.19. The van der Waals surface area contributed by atoms with Gasteiger partial charge in [-0.05, 0) is 38.0 Å². The van der Waals surface area contributed by atoms with Gasteiger partial charge in [0.05, 0.1) is 17.9 Å². The molecule has 1 spiro atoms. The first kappa shape index (κ1) is 13.1. The van der Waals surface area contributed by atoms with Gasteiger partial charge in [0.15, 0.2) is 5.78 Å². The normalized spacial score (nSPS) is 25.1. The fourth-order valence-corrected chi connectivity index (χ4v) is 3.22. The number of rotatable bonds is 2. The number of benzene rings is 1. The molecule has 4 nitrogen and oxygen atoms in total. The van der Waals surface area contributed by atoms with Crippen LogP contribution in [0.3, 0.4) is 0 Å². The molecule has 104 valence electrons. The molecule has 1 aromatic carbocycles. The van der Waals surface area contributed by atoms with E-state index in [2.05, 4.69) is 11.0 Å². The monoisotopic (exact) mass is 270 g/mol. The predicted octanol–water partition coefficient (Wildman–Crippen LogP) is 2.38. The molecule has 0 aromatic heterocycles. The van der Waals surface area contributed by atoms with Crippen LogP contribution in [0.15, 0.2) is 18.2 Å². The van der Waals surface area contributed by atoms with E-state index < -0.39 is 0 Å². The average Bonchev–Trinajstić information content (AvgIpc) is 3.09. The fraction of sp³-hybridized carbons (Fsp3) is 0.500. The van der Waals surface area contributed by atoms with E-state index in [4.69, 9.17) is 4.74 Å². The minimum absolute atomic E-state index is 0.0360. The lowest BCUT2D eigenvalue weighted by atomic mass is 9.87. The van der Waals surface area contributed by atoms with E-state index in [0.717, 1.165) is 44.8 Å². The molecule has 0 amide bonds. The summed E-state index contributed by atoms with van der Waals surface area (Å²) in [5, 5.41) is 9.28. The highest BCUT2D eigenvalue weighted by molar-refractivity contribution is 5.95. The van der Waals surface area contributed by atoms with Crippen LogP contribution in [-0.4, -0.2) is 32.1 Å². The van der Waals surface area contributed by atoms with Crippen LogP contribution in [0.25, 0.3) is 0 Å². The zero-order chi connectivity index (χ0) is 14.2. The Morgan fingerprint density at radius 3 is 2.95 bits per heavy atom. The molecule has 1 unspecified atom stereocenters. The van der Waals surface area contributed by atoms with Crippen molar-refractivity contribution in [3.8, 4) is 6.07 Å². The van der Waals surface area contributed by atoms with E-state index in [9.17, 15) is 10.1 Å². The van der Waals surface area contributed by atoms with Crippen LogP contribution in [0.1, 0.15) is 35.7 Å². The number of carbonyl (C=O) groups is 1. The summed E-state index contributed by atoms with van der Waals surface area (Å²) in [5.74, 6) is 0.0360. The molecule has 4 heteroatoms. The van der Waals surface area contributed by atoms with Crippen LogP contribution >= 0.6 is 0 Å². The van der Waals surface area contributed by atoms with E-state index >= 15 is 0 Å². The number of Topliss-reactive ketones (excluding diaryl/α,β-unsaturated/α-hetero) is 1. The Kier molecular flexibility index (Phi) is 3.23. The lowest BCUT2D eigenvalue weighted by Gasteiger charge is -2.24. The van der Waals surface area contributed by atoms with Crippen molar-refractivity contribution in [1.29, 1.82) is 5.26 Å². The molecule has 2 saturated heterocycles. The maximum atomic E-state index is 11.5. The maximum absolute atomic E-state index is 11.5. The minimum Gasteiger partial charge on any atom is -0.381 e. The number of hydrogen-bond donors (Lipinski definition) is 0. The van der Waals surface area contributed by atoms with Crippen molar-refractivity contribution in [1.82, 2.24) is 0 Å². The minimum atomic E-state index is 0.0360. The Morgan fingerprint density at radius 2 is 2.30 bits per heavy atom. The largest absolute Gasteiger partial charge is 0.381 e. The van der Waals surface area contributed by atoms with Gasteiger partial charge in [0, 0.05) is 30.7 Å². The molecule has 3 rings (SSSR count). The second kappa shape index (κ2) is 4.92. The molecular weight excluding hydrogens is 252 g/mol. The topological polar surface area (TPSA) is 53.3 Å². The lowest BCUT2D eigenvalue weighted by Crippen LogP contribution is -2.28. The van der Waals surface area contributed by atoms with Gasteiger partial charge in [0.25, 0.3) is 0 Å². The second-order valence-corrected chi connectivity index (χ2v) is 5.87. The number of nitriles is 1. The van der Waals surface area contributed by atoms with Crippen LogP contribution in [-0.2, 0) is 4.74 Å². The first-order valence-corrected chi connectivity index (χ1v) is 7.01. The smallest absolute Gasteiger partial charge is 0.159 e. The molecule has 1 aromatic rings. The Morgan fingerprint density at radius 1 is 1.45 bits per heavy atom. The Balaban J connectivity index is 1.92. The van der Waals surface area contributed by atoms with Gasteiger partial charge in [0.2, 0.25) is 0 Å². The van der Waals surface area contributed by atoms with Crippen molar-refractivity contribution >= 4 is 11.5 Å². The highest BCUT2D eigenvalue weighted by Crippen LogP contribution is 2.40. The fourth-order valence-electron chi connectivity index (χ4n) is 3.22. The van der Waals surface area contributed by atoms with Gasteiger partial charge in [-0.3, -0.25) is 4.79 Å². The van der Waals surface area contributed by atoms with Gasteiger partial charge in [-0.1, -0.05) is 0 Å². The number of anilines is 1. The van der Waals surface area contributed by atoms with Crippen molar-refractivity contribution in [3.05, 3.63) is 29.3 Å². The summed E-state index contributed by atoms with van der Waals surface area (Å²) in [5.41, 5.74) is 2.46. The van der Waals surface area contributed by atoms with Gasteiger partial charge in [0.1, 0.15) is 6.07 Å². The number of hydrogen-bond acceptors (Lipinski definition) is 4. The summed E-state index contributed by atoms with van der Waals surface area (Å²) < 4.78 is 5.54. The molecular formula is C16H18N2O2. The average molecular weight is 270 g/mol. The molecule has 0 N–H and O–H groups in total. The highest BCUT2D eigenvalue weighted by Gasteiger charge is 2.41. The maximum Gasteiger partial charge on any atom is 0.159 e. The first-order valence-electron chi connectivity index (χ1n) is 7.01. The molecule has 2 aliphatic rings. The van der Waals surface area contributed by atoms with Gasteiger partial charge in [-0.2, -0.15) is 5.26 Å². The van der Waals surface area contributed by atoms with E-state index in [0.29, 0.717) is 11.1 Å². The van der Waals surface area contributed by atoms with E-state index in [1.165, 1.54) is 0 Å². The Bertz CT molecular complexity index is 583. The van der Waals surface area contributed by atoms with Crippen molar-refractivity contribution < 1.29 is 9.53 Å². The molecule has 2 heterocycles. The van der Waals surface area contributed by atoms with Crippen LogP contribution < -0.4 is 4.90 Å². The van der Waals surface area contributed by atoms with Crippen molar-refractivity contribution in [2.75, 3.05) is 31.2 Å². The summed E-state index contributed by atoms with van der Waals surface area (Å²) in [6.45, 7) is 5.06. The van der Waals surface area contributed by atoms with Crippen LogP contribution in [0, 0.1) is 16.7 Å². The second-order valence-electron chi connectivity index (χ2n) is 5.87. The van der Waals surface area contributed by atoms with Crippen LogP contribution in [0.4, 0.5) is 5.69 Å². The van der Waals surface area contributed by atoms with Gasteiger partial charge in [-0.25, -0.2) is 0 Å². The predicted molar refractivity (Wildman–Crippen MR) is 75.9 cm³/mol. The quantitative estimate of drug-likeness (QED) is 0.774. The van der Waals surface area contributed by atoms with Gasteiger partial charge in [-0.15, -0.1) is 0 Å². The molecule has 2 aliphatic heterocycles. The highest BCUT2D eigenvalue weighted by atomic mass is 16.5. The number of ketones is 1. The zero-order valence-electron chi connectivity index (χ0n) is 11.7.